The van der Waals surface area contributed by atoms with Gasteiger partial charge in [-0.15, -0.1) is 0 Å². The molecule has 0 aliphatic heterocycles. The van der Waals surface area contributed by atoms with Gasteiger partial charge in [0.25, 0.3) is 0 Å². The summed E-state index contributed by atoms with van der Waals surface area (Å²) in [4.78, 5) is 0. The van der Waals surface area contributed by atoms with Gasteiger partial charge in [0, 0.05) is 16.0 Å². The van der Waals surface area contributed by atoms with Crippen molar-refractivity contribution in [3.8, 4) is 0 Å². The number of hydrogen-bond acceptors (Lipinski definition) is 2. The molecule has 15 heavy (non-hydrogen) atoms. The fourth-order valence-corrected chi connectivity index (χ4v) is 2.89. The van der Waals surface area contributed by atoms with E-state index < -0.39 is 0 Å². The van der Waals surface area contributed by atoms with Crippen molar-refractivity contribution in [1.29, 1.82) is 0 Å². The molecule has 0 aromatic heterocycles. The number of benzene rings is 2. The Morgan fingerprint density at radius 1 is 1.00 bits per heavy atom. The highest BCUT2D eigenvalue weighted by Gasteiger charge is 2.04. The second-order valence-electron chi connectivity index (χ2n) is 3.41. The predicted molar refractivity (Wildman–Crippen MR) is 77.0 cm³/mol. The van der Waals surface area contributed by atoms with Crippen molar-refractivity contribution in [3.63, 3.8) is 0 Å². The molecular weight excluding hydrogens is 288 g/mol. The van der Waals surface area contributed by atoms with Crippen LogP contribution in [0, 0.1) is 0 Å². The quantitative estimate of drug-likeness (QED) is 0.751. The van der Waals surface area contributed by atoms with E-state index in [1.54, 1.807) is 0 Å². The highest BCUT2D eigenvalue weighted by Crippen LogP contribution is 2.29. The maximum absolute atomic E-state index is 4.31. The zero-order valence-electron chi connectivity index (χ0n) is 8.07. The summed E-state index contributed by atoms with van der Waals surface area (Å²) >= 11 is 12.2. The van der Waals surface area contributed by atoms with E-state index in [9.17, 15) is 0 Å². The van der Waals surface area contributed by atoms with Crippen molar-refractivity contribution >= 4 is 52.0 Å². The van der Waals surface area contributed by atoms with Crippen molar-refractivity contribution in [2.45, 2.75) is 11.5 Å². The van der Waals surface area contributed by atoms with Gasteiger partial charge in [-0.25, -0.2) is 0 Å². The summed E-state index contributed by atoms with van der Waals surface area (Å²) < 4.78 is 1.15. The third-order valence-electron chi connectivity index (χ3n) is 2.45. The van der Waals surface area contributed by atoms with E-state index in [1.165, 1.54) is 21.9 Å². The molecule has 0 atom stereocenters. The Labute approximate surface area is 109 Å². The van der Waals surface area contributed by atoms with Crippen LogP contribution in [0.15, 0.2) is 34.8 Å². The lowest BCUT2D eigenvalue weighted by Crippen LogP contribution is -1.85. The molecule has 0 N–H and O–H groups in total. The molecule has 0 spiro atoms. The average Bonchev–Trinajstić information content (AvgIpc) is 2.29. The number of rotatable bonds is 2. The van der Waals surface area contributed by atoms with E-state index in [0.29, 0.717) is 0 Å². The first kappa shape index (κ1) is 11.4. The van der Waals surface area contributed by atoms with Crippen LogP contribution in [0.5, 0.6) is 0 Å². The molecular formula is C12H11BrS2. The van der Waals surface area contributed by atoms with E-state index >= 15 is 0 Å². The van der Waals surface area contributed by atoms with Crippen LogP contribution in [0.3, 0.4) is 0 Å². The second-order valence-corrected chi connectivity index (χ2v) is 4.84. The maximum atomic E-state index is 4.31. The summed E-state index contributed by atoms with van der Waals surface area (Å²) in [7, 11) is 0. The molecule has 0 radical (unpaired) electrons. The Morgan fingerprint density at radius 2 is 1.73 bits per heavy atom. The van der Waals surface area contributed by atoms with E-state index in [4.69, 9.17) is 0 Å². The van der Waals surface area contributed by atoms with Crippen LogP contribution in [0.25, 0.3) is 10.8 Å². The minimum Gasteiger partial charge on any atom is -0.175 e. The number of thiol groups is 2. The van der Waals surface area contributed by atoms with Crippen molar-refractivity contribution in [3.05, 3.63) is 45.9 Å². The van der Waals surface area contributed by atoms with Gasteiger partial charge in [0.2, 0.25) is 0 Å². The van der Waals surface area contributed by atoms with Crippen LogP contribution < -0.4 is 0 Å². The molecule has 0 heterocycles. The number of fused-ring (bicyclic) bond motifs is 1. The Morgan fingerprint density at radius 3 is 2.40 bits per heavy atom. The predicted octanol–water partition coefficient (Wildman–Crippen LogP) is 4.46. The molecule has 2 aromatic rings. The summed E-state index contributed by atoms with van der Waals surface area (Å²) in [5, 5.41) is 2.49. The Bertz CT molecular complexity index is 489. The maximum Gasteiger partial charge on any atom is 0.0294 e. The SMILES string of the molecule is SCc1ccc2ccc(CS)c(Br)c2c1. The average molecular weight is 299 g/mol. The topological polar surface area (TPSA) is 0 Å². The Hall–Kier alpha value is -0.120. The van der Waals surface area contributed by atoms with Gasteiger partial charge in [-0.05, 0) is 43.9 Å². The molecule has 0 aliphatic carbocycles. The first-order valence-electron chi connectivity index (χ1n) is 4.68. The number of hydrogen-bond donors (Lipinski definition) is 2. The standard InChI is InChI=1S/C12H11BrS2/c13-12-10(7-15)4-3-9-2-1-8(6-14)5-11(9)12/h1-5,14-15H,6-7H2. The van der Waals surface area contributed by atoms with Gasteiger partial charge in [0.15, 0.2) is 0 Å². The van der Waals surface area contributed by atoms with Gasteiger partial charge in [-0.3, -0.25) is 0 Å². The smallest absolute Gasteiger partial charge is 0.0294 e. The molecule has 2 rings (SSSR count). The molecule has 0 bridgehead atoms. The normalized spacial score (nSPS) is 10.9. The zero-order valence-corrected chi connectivity index (χ0v) is 11.4. The van der Waals surface area contributed by atoms with Crippen LogP contribution >= 0.6 is 41.2 Å². The molecule has 0 unspecified atom stereocenters. The van der Waals surface area contributed by atoms with Gasteiger partial charge >= 0.3 is 0 Å². The fraction of sp³-hybridized carbons (Fsp3) is 0.167. The Kier molecular flexibility index (Phi) is 3.65. The monoisotopic (exact) mass is 298 g/mol. The minimum atomic E-state index is 0.752. The van der Waals surface area contributed by atoms with Gasteiger partial charge in [0.05, 0.1) is 0 Å². The van der Waals surface area contributed by atoms with Crippen molar-refractivity contribution < 1.29 is 0 Å². The van der Waals surface area contributed by atoms with E-state index in [-0.39, 0.29) is 0 Å². The van der Waals surface area contributed by atoms with Crippen LogP contribution in [0.2, 0.25) is 0 Å². The zero-order chi connectivity index (χ0) is 10.8. The second kappa shape index (κ2) is 4.81. The van der Waals surface area contributed by atoms with Gasteiger partial charge < -0.3 is 0 Å². The molecule has 0 amide bonds. The number of halogens is 1. The lowest BCUT2D eigenvalue weighted by molar-refractivity contribution is 1.40. The lowest BCUT2D eigenvalue weighted by atomic mass is 10.1. The van der Waals surface area contributed by atoms with Gasteiger partial charge in [0.1, 0.15) is 0 Å². The summed E-state index contributed by atoms with van der Waals surface area (Å²) in [6, 6.07) is 10.7. The highest BCUT2D eigenvalue weighted by atomic mass is 79.9. The summed E-state index contributed by atoms with van der Waals surface area (Å²) in [6.07, 6.45) is 0. The molecule has 0 fully saturated rings. The van der Waals surface area contributed by atoms with E-state index in [2.05, 4.69) is 71.5 Å². The fourth-order valence-electron chi connectivity index (χ4n) is 1.60. The van der Waals surface area contributed by atoms with Gasteiger partial charge in [-0.2, -0.15) is 25.3 Å². The van der Waals surface area contributed by atoms with Crippen molar-refractivity contribution in [2.24, 2.45) is 0 Å². The van der Waals surface area contributed by atoms with Crippen LogP contribution in [-0.4, -0.2) is 0 Å². The molecule has 0 saturated carbocycles. The summed E-state index contributed by atoms with van der Waals surface area (Å²) in [5.74, 6) is 1.52. The summed E-state index contributed by atoms with van der Waals surface area (Å²) in [6.45, 7) is 0. The van der Waals surface area contributed by atoms with Crippen LogP contribution in [-0.2, 0) is 11.5 Å². The van der Waals surface area contributed by atoms with Crippen LogP contribution in [0.4, 0.5) is 0 Å². The highest BCUT2D eigenvalue weighted by molar-refractivity contribution is 9.10. The summed E-state index contributed by atoms with van der Waals surface area (Å²) in [5.41, 5.74) is 2.46. The van der Waals surface area contributed by atoms with Crippen molar-refractivity contribution in [1.82, 2.24) is 0 Å². The molecule has 78 valence electrons. The van der Waals surface area contributed by atoms with E-state index in [0.717, 1.165) is 16.0 Å². The first-order valence-corrected chi connectivity index (χ1v) is 6.74. The molecule has 2 aromatic carbocycles. The first-order chi connectivity index (χ1) is 7.26. The minimum absolute atomic E-state index is 0.752. The third kappa shape index (κ3) is 2.19. The molecule has 0 saturated heterocycles. The third-order valence-corrected chi connectivity index (χ3v) is 4.10. The molecule has 3 heteroatoms. The van der Waals surface area contributed by atoms with Crippen molar-refractivity contribution in [2.75, 3.05) is 0 Å². The molecule has 0 nitrogen and oxygen atoms in total. The van der Waals surface area contributed by atoms with Gasteiger partial charge in [-0.1, -0.05) is 24.3 Å². The largest absolute Gasteiger partial charge is 0.175 e. The lowest BCUT2D eigenvalue weighted by Gasteiger charge is -2.07. The van der Waals surface area contributed by atoms with E-state index in [1.807, 2.05) is 0 Å². The molecule has 0 aliphatic rings. The van der Waals surface area contributed by atoms with Crippen LogP contribution in [0.1, 0.15) is 11.1 Å². The Balaban J connectivity index is 2.72.